The Morgan fingerprint density at radius 1 is 1.22 bits per heavy atom. The van der Waals surface area contributed by atoms with Gasteiger partial charge in [0.1, 0.15) is 5.69 Å². The summed E-state index contributed by atoms with van der Waals surface area (Å²) < 4.78 is 1.44. The van der Waals surface area contributed by atoms with Gasteiger partial charge in [0.25, 0.3) is 5.56 Å². The average Bonchev–Trinajstić information content (AvgIpc) is 2.58. The molecule has 6 heteroatoms. The van der Waals surface area contributed by atoms with Crippen LogP contribution in [-0.2, 0) is 6.54 Å². The van der Waals surface area contributed by atoms with E-state index in [-0.39, 0.29) is 5.56 Å². The first kappa shape index (κ1) is 14.9. The maximum Gasteiger partial charge on any atom is 0.290 e. The second-order valence-electron chi connectivity index (χ2n) is 5.12. The van der Waals surface area contributed by atoms with Gasteiger partial charge in [-0.05, 0) is 44.2 Å². The summed E-state index contributed by atoms with van der Waals surface area (Å²) in [4.78, 5) is 20.8. The summed E-state index contributed by atoms with van der Waals surface area (Å²) in [6.45, 7) is 4.31. The van der Waals surface area contributed by atoms with E-state index in [1.54, 1.807) is 24.7 Å². The third-order valence-electron chi connectivity index (χ3n) is 3.42. The Hall–Kier alpha value is -3.02. The van der Waals surface area contributed by atoms with Crippen molar-refractivity contribution in [3.63, 3.8) is 0 Å². The number of hydrogen-bond acceptors (Lipinski definition) is 5. The Morgan fingerprint density at radius 2 is 2.09 bits per heavy atom. The van der Waals surface area contributed by atoms with E-state index < -0.39 is 0 Å². The van der Waals surface area contributed by atoms with Gasteiger partial charge in [-0.25, -0.2) is 4.68 Å². The molecule has 0 unspecified atom stereocenters. The lowest BCUT2D eigenvalue weighted by Crippen LogP contribution is -2.24. The van der Waals surface area contributed by atoms with Gasteiger partial charge < -0.3 is 5.32 Å². The van der Waals surface area contributed by atoms with Gasteiger partial charge in [-0.3, -0.25) is 14.8 Å². The van der Waals surface area contributed by atoms with E-state index in [0.717, 1.165) is 16.9 Å². The van der Waals surface area contributed by atoms with Crippen molar-refractivity contribution < 1.29 is 0 Å². The van der Waals surface area contributed by atoms with E-state index in [2.05, 4.69) is 20.4 Å². The van der Waals surface area contributed by atoms with Crippen molar-refractivity contribution in [2.75, 3.05) is 5.32 Å². The van der Waals surface area contributed by atoms with E-state index >= 15 is 0 Å². The van der Waals surface area contributed by atoms with Crippen LogP contribution >= 0.6 is 0 Å². The van der Waals surface area contributed by atoms with Crippen LogP contribution in [0.15, 0.2) is 53.7 Å². The molecule has 0 aliphatic carbocycles. The quantitative estimate of drug-likeness (QED) is 0.802. The first-order valence-corrected chi connectivity index (χ1v) is 7.39. The van der Waals surface area contributed by atoms with Crippen molar-refractivity contribution in [2.24, 2.45) is 0 Å². The molecule has 116 valence electrons. The Morgan fingerprint density at radius 3 is 2.74 bits per heavy atom. The molecular formula is C17H17N5O. The van der Waals surface area contributed by atoms with Crippen LogP contribution < -0.4 is 10.9 Å². The molecule has 0 aromatic carbocycles. The van der Waals surface area contributed by atoms with E-state index in [0.29, 0.717) is 17.9 Å². The number of aromatic nitrogens is 4. The van der Waals surface area contributed by atoms with Crippen LogP contribution in [0.4, 0.5) is 11.4 Å². The Labute approximate surface area is 133 Å². The molecule has 1 N–H and O–H groups in total. The van der Waals surface area contributed by atoms with Crippen LogP contribution in [0.3, 0.4) is 0 Å². The number of aryl methyl sites for hydroxylation is 2. The lowest BCUT2D eigenvalue weighted by molar-refractivity contribution is 0.621. The highest BCUT2D eigenvalue weighted by atomic mass is 16.1. The highest BCUT2D eigenvalue weighted by Gasteiger charge is 2.10. The molecule has 23 heavy (non-hydrogen) atoms. The second kappa shape index (κ2) is 6.39. The average molecular weight is 307 g/mol. The Balaban J connectivity index is 2.06. The van der Waals surface area contributed by atoms with Gasteiger partial charge in [0.05, 0.1) is 17.6 Å². The third kappa shape index (κ3) is 3.26. The van der Waals surface area contributed by atoms with E-state index in [9.17, 15) is 4.79 Å². The first-order valence-electron chi connectivity index (χ1n) is 7.39. The van der Waals surface area contributed by atoms with Crippen LogP contribution in [0, 0.1) is 6.92 Å². The highest BCUT2D eigenvalue weighted by molar-refractivity contribution is 5.66. The summed E-state index contributed by atoms with van der Waals surface area (Å²) in [6, 6.07) is 9.28. The highest BCUT2D eigenvalue weighted by Crippen LogP contribution is 2.19. The normalized spacial score (nSPS) is 10.5. The van der Waals surface area contributed by atoms with Crippen molar-refractivity contribution in [3.05, 3.63) is 65.0 Å². The van der Waals surface area contributed by atoms with Gasteiger partial charge in [0, 0.05) is 30.2 Å². The fourth-order valence-corrected chi connectivity index (χ4v) is 2.20. The van der Waals surface area contributed by atoms with E-state index in [1.807, 2.05) is 38.1 Å². The molecule has 3 heterocycles. The zero-order valence-electron chi connectivity index (χ0n) is 13.0. The minimum Gasteiger partial charge on any atom is -0.350 e. The molecule has 0 fully saturated rings. The molecular weight excluding hydrogens is 290 g/mol. The zero-order valence-corrected chi connectivity index (χ0v) is 13.0. The second-order valence-corrected chi connectivity index (χ2v) is 5.12. The molecule has 0 amide bonds. The standard InChI is InChI=1S/C17H17N5O/c1-3-22-17(23)16(20-14-5-4-8-18-11-14)9-15(21-22)13-7-6-12(2)19-10-13/h4-11,20H,3H2,1-2H3. The van der Waals surface area contributed by atoms with Crippen LogP contribution in [0.5, 0.6) is 0 Å². The Bertz CT molecular complexity index is 856. The van der Waals surface area contributed by atoms with E-state index in [4.69, 9.17) is 0 Å². The van der Waals surface area contributed by atoms with E-state index in [1.165, 1.54) is 4.68 Å². The molecule has 0 bridgehead atoms. The molecule has 0 aliphatic rings. The number of pyridine rings is 2. The Kier molecular flexibility index (Phi) is 4.14. The smallest absolute Gasteiger partial charge is 0.290 e. The largest absolute Gasteiger partial charge is 0.350 e. The first-order chi connectivity index (χ1) is 11.2. The number of anilines is 2. The van der Waals surface area contributed by atoms with Crippen LogP contribution in [0.25, 0.3) is 11.3 Å². The molecule has 0 atom stereocenters. The number of nitrogens with one attached hydrogen (secondary N) is 1. The van der Waals surface area contributed by atoms with Gasteiger partial charge >= 0.3 is 0 Å². The lowest BCUT2D eigenvalue weighted by Gasteiger charge is -2.11. The number of rotatable bonds is 4. The third-order valence-corrected chi connectivity index (χ3v) is 3.42. The number of nitrogens with zero attached hydrogens (tertiary/aromatic N) is 4. The van der Waals surface area contributed by atoms with Gasteiger partial charge in [-0.15, -0.1) is 0 Å². The molecule has 3 aromatic rings. The molecule has 0 radical (unpaired) electrons. The fourth-order valence-electron chi connectivity index (χ4n) is 2.20. The molecule has 0 spiro atoms. The number of hydrogen-bond donors (Lipinski definition) is 1. The molecule has 0 aliphatic heterocycles. The van der Waals surface area contributed by atoms with Gasteiger partial charge in [-0.2, -0.15) is 5.10 Å². The van der Waals surface area contributed by atoms with Crippen molar-refractivity contribution in [2.45, 2.75) is 20.4 Å². The minimum atomic E-state index is -0.167. The van der Waals surface area contributed by atoms with Crippen LogP contribution in [-0.4, -0.2) is 19.7 Å². The maximum atomic E-state index is 12.4. The van der Waals surface area contributed by atoms with Crippen molar-refractivity contribution in [1.82, 2.24) is 19.7 Å². The predicted octanol–water partition coefficient (Wildman–Crippen LogP) is 2.77. The van der Waals surface area contributed by atoms with Gasteiger partial charge in [0.2, 0.25) is 0 Å². The molecule has 6 nitrogen and oxygen atoms in total. The zero-order chi connectivity index (χ0) is 16.2. The van der Waals surface area contributed by atoms with Crippen molar-refractivity contribution in [1.29, 1.82) is 0 Å². The molecule has 3 rings (SSSR count). The summed E-state index contributed by atoms with van der Waals surface area (Å²) in [5.41, 5.74) is 3.56. The fraction of sp³-hybridized carbons (Fsp3) is 0.176. The van der Waals surface area contributed by atoms with Crippen LogP contribution in [0.1, 0.15) is 12.6 Å². The van der Waals surface area contributed by atoms with Crippen molar-refractivity contribution >= 4 is 11.4 Å². The molecule has 0 saturated heterocycles. The molecule has 0 saturated carbocycles. The van der Waals surface area contributed by atoms with Gasteiger partial charge in [0.15, 0.2) is 0 Å². The SMILES string of the molecule is CCn1nc(-c2ccc(C)nc2)cc(Nc2cccnc2)c1=O. The summed E-state index contributed by atoms with van der Waals surface area (Å²) in [5.74, 6) is 0. The monoisotopic (exact) mass is 307 g/mol. The summed E-state index contributed by atoms with van der Waals surface area (Å²) in [5, 5.41) is 7.51. The summed E-state index contributed by atoms with van der Waals surface area (Å²) in [6.07, 6.45) is 5.12. The minimum absolute atomic E-state index is 0.167. The van der Waals surface area contributed by atoms with Gasteiger partial charge in [-0.1, -0.05) is 0 Å². The molecule has 3 aromatic heterocycles. The topological polar surface area (TPSA) is 72.7 Å². The predicted molar refractivity (Wildman–Crippen MR) is 89.7 cm³/mol. The van der Waals surface area contributed by atoms with Crippen LogP contribution in [0.2, 0.25) is 0 Å². The lowest BCUT2D eigenvalue weighted by atomic mass is 10.2. The maximum absolute atomic E-state index is 12.4. The van der Waals surface area contributed by atoms with Crippen molar-refractivity contribution in [3.8, 4) is 11.3 Å². The summed E-state index contributed by atoms with van der Waals surface area (Å²) >= 11 is 0. The summed E-state index contributed by atoms with van der Waals surface area (Å²) in [7, 11) is 0.